The summed E-state index contributed by atoms with van der Waals surface area (Å²) in [4.78, 5) is 11.2. The quantitative estimate of drug-likeness (QED) is 0.324. The summed E-state index contributed by atoms with van der Waals surface area (Å²) >= 11 is 0. The maximum absolute atomic E-state index is 11.2. The maximum atomic E-state index is 11.2. The van der Waals surface area contributed by atoms with Gasteiger partial charge in [0, 0.05) is 6.16 Å². The van der Waals surface area contributed by atoms with Crippen LogP contribution in [0.3, 0.4) is 0 Å². The van der Waals surface area contributed by atoms with Crippen LogP contribution in [0, 0.1) is 5.41 Å². The summed E-state index contributed by atoms with van der Waals surface area (Å²) in [6, 6.07) is 0. The average molecular weight is 247 g/mol. The zero-order valence-corrected chi connectivity index (χ0v) is 11.9. The van der Waals surface area contributed by atoms with Crippen LogP contribution in [0.5, 0.6) is 0 Å². The Bertz CT molecular complexity index is 258. The van der Waals surface area contributed by atoms with Gasteiger partial charge < -0.3 is 9.26 Å². The summed E-state index contributed by atoms with van der Waals surface area (Å²) in [5, 5.41) is 0. The number of hydrogen-bond acceptors (Lipinski definition) is 4. The molecule has 0 saturated heterocycles. The molecule has 0 N–H and O–H groups in total. The first-order valence-electron chi connectivity index (χ1n) is 5.07. The molecule has 0 spiro atoms. The molecule has 16 heavy (non-hydrogen) atoms. The van der Waals surface area contributed by atoms with Gasteiger partial charge in [0.15, 0.2) is 8.30 Å². The van der Waals surface area contributed by atoms with Gasteiger partial charge in [-0.15, -0.1) is 0 Å². The molecule has 0 saturated carbocycles. The minimum atomic E-state index is -0.852. The molecule has 0 fully saturated rings. The van der Waals surface area contributed by atoms with Crippen LogP contribution in [0.2, 0.25) is 0 Å². The molecule has 0 radical (unpaired) electrons. The minimum Gasteiger partial charge on any atom is -0.463 e. The Morgan fingerprint density at radius 1 is 1.38 bits per heavy atom. The van der Waals surface area contributed by atoms with E-state index in [2.05, 4.69) is 32.1 Å². The zero-order chi connectivity index (χ0) is 12.9. The lowest BCUT2D eigenvalue weighted by atomic mass is 10.0. The highest BCUT2D eigenvalue weighted by atomic mass is 31.2. The van der Waals surface area contributed by atoms with Gasteiger partial charge in [-0.05, 0) is 26.1 Å². The Kier molecular flexibility index (Phi) is 5.98. The average Bonchev–Trinajstić information content (AvgIpc) is 2.13. The van der Waals surface area contributed by atoms with Crippen molar-refractivity contribution in [2.45, 2.75) is 20.8 Å². The van der Waals surface area contributed by atoms with Gasteiger partial charge in [0.2, 0.25) is 5.76 Å². The van der Waals surface area contributed by atoms with Crippen LogP contribution in [0.4, 0.5) is 0 Å². The van der Waals surface area contributed by atoms with Crippen LogP contribution in [0.15, 0.2) is 12.3 Å². The smallest absolute Gasteiger partial charge is 0.373 e. The van der Waals surface area contributed by atoms with Gasteiger partial charge in [0.1, 0.15) is 0 Å². The first-order chi connectivity index (χ1) is 7.17. The fraction of sp³-hybridized carbons (Fsp3) is 0.727. The topological polar surface area (TPSA) is 38.8 Å². The van der Waals surface area contributed by atoms with Crippen molar-refractivity contribution in [1.29, 1.82) is 0 Å². The Balaban J connectivity index is 4.47. The fourth-order valence-corrected chi connectivity index (χ4v) is 2.59. The number of carbonyl (C=O) groups is 1. The van der Waals surface area contributed by atoms with Gasteiger partial charge in [-0.1, -0.05) is 20.8 Å². The van der Waals surface area contributed by atoms with E-state index in [0.717, 1.165) is 6.16 Å². The van der Waals surface area contributed by atoms with E-state index in [9.17, 15) is 4.79 Å². The fourth-order valence-electron chi connectivity index (χ4n) is 0.939. The van der Waals surface area contributed by atoms with Crippen molar-refractivity contribution >= 4 is 14.3 Å². The van der Waals surface area contributed by atoms with E-state index in [1.54, 1.807) is 0 Å². The number of ether oxygens (including phenoxy) is 1. The largest absolute Gasteiger partial charge is 0.463 e. The standard InChI is InChI=1S/C11H22NO3P/c1-9(10(13)14-7)15-16(12(5)6)8-11(2,3)4/h1,8H2,2-7H3. The number of nitrogens with zero attached hydrogens (tertiary/aromatic N) is 1. The van der Waals surface area contributed by atoms with Crippen molar-refractivity contribution in [2.75, 3.05) is 27.4 Å². The highest BCUT2D eigenvalue weighted by molar-refractivity contribution is 7.50. The lowest BCUT2D eigenvalue weighted by Crippen LogP contribution is -2.19. The van der Waals surface area contributed by atoms with Crippen LogP contribution in [0.1, 0.15) is 20.8 Å². The zero-order valence-electron chi connectivity index (χ0n) is 11.0. The molecular formula is C11H22NO3P. The number of esters is 1. The number of carbonyl (C=O) groups excluding carboxylic acids is 1. The van der Waals surface area contributed by atoms with Crippen LogP contribution < -0.4 is 0 Å². The molecule has 0 rings (SSSR count). The normalized spacial score (nSPS) is 13.4. The third-order valence-corrected chi connectivity index (χ3v) is 4.23. The second-order valence-corrected chi connectivity index (χ2v) is 6.93. The number of hydrogen-bond donors (Lipinski definition) is 0. The second kappa shape index (κ2) is 6.21. The summed E-state index contributed by atoms with van der Waals surface area (Å²) < 4.78 is 12.1. The van der Waals surface area contributed by atoms with E-state index in [1.165, 1.54) is 7.11 Å². The van der Waals surface area contributed by atoms with E-state index in [4.69, 9.17) is 4.52 Å². The molecular weight excluding hydrogens is 225 g/mol. The van der Waals surface area contributed by atoms with Gasteiger partial charge >= 0.3 is 5.97 Å². The van der Waals surface area contributed by atoms with E-state index in [0.29, 0.717) is 0 Å². The van der Waals surface area contributed by atoms with Crippen molar-refractivity contribution in [3.63, 3.8) is 0 Å². The highest BCUT2D eigenvalue weighted by Gasteiger charge is 2.25. The van der Waals surface area contributed by atoms with Crippen LogP contribution >= 0.6 is 8.30 Å². The predicted octanol–water partition coefficient (Wildman–Crippen LogP) is 2.61. The molecule has 0 bridgehead atoms. The van der Waals surface area contributed by atoms with Crippen molar-refractivity contribution in [3.8, 4) is 0 Å². The molecule has 0 aliphatic rings. The van der Waals surface area contributed by atoms with Crippen molar-refractivity contribution in [3.05, 3.63) is 12.3 Å². The summed E-state index contributed by atoms with van der Waals surface area (Å²) in [6.45, 7) is 9.98. The second-order valence-electron chi connectivity index (χ2n) is 4.92. The summed E-state index contributed by atoms with van der Waals surface area (Å²) in [7, 11) is 4.33. The number of rotatable bonds is 5. The lowest BCUT2D eigenvalue weighted by molar-refractivity contribution is -0.138. The van der Waals surface area contributed by atoms with Crippen molar-refractivity contribution < 1.29 is 14.1 Å². The lowest BCUT2D eigenvalue weighted by Gasteiger charge is -2.30. The van der Waals surface area contributed by atoms with Crippen molar-refractivity contribution in [2.24, 2.45) is 5.41 Å². The molecule has 5 heteroatoms. The third kappa shape index (κ3) is 6.09. The van der Waals surface area contributed by atoms with Gasteiger partial charge in [0.05, 0.1) is 7.11 Å². The maximum Gasteiger partial charge on any atom is 0.373 e. The predicted molar refractivity (Wildman–Crippen MR) is 67.2 cm³/mol. The molecule has 1 atom stereocenters. The molecule has 0 amide bonds. The molecule has 0 aromatic carbocycles. The minimum absolute atomic E-state index is 0.0755. The molecule has 0 aromatic rings. The number of methoxy groups -OCH3 is 1. The van der Waals surface area contributed by atoms with Gasteiger partial charge in [0.25, 0.3) is 0 Å². The van der Waals surface area contributed by atoms with Crippen molar-refractivity contribution in [1.82, 2.24) is 4.67 Å². The Hall–Kier alpha value is -0.600. The Morgan fingerprint density at radius 3 is 2.19 bits per heavy atom. The highest BCUT2D eigenvalue weighted by Crippen LogP contribution is 2.46. The molecule has 1 unspecified atom stereocenters. The molecule has 0 heterocycles. The van der Waals surface area contributed by atoms with Gasteiger partial charge in [-0.2, -0.15) is 0 Å². The van der Waals surface area contributed by atoms with Crippen LogP contribution in [-0.2, 0) is 14.1 Å². The monoisotopic (exact) mass is 247 g/mol. The van der Waals surface area contributed by atoms with Crippen LogP contribution in [0.25, 0.3) is 0 Å². The Labute approximate surface area is 99.5 Å². The van der Waals surface area contributed by atoms with E-state index >= 15 is 0 Å². The van der Waals surface area contributed by atoms with Gasteiger partial charge in [-0.3, -0.25) is 4.67 Å². The van der Waals surface area contributed by atoms with Crippen LogP contribution in [-0.4, -0.2) is 38.0 Å². The summed E-state index contributed by atoms with van der Waals surface area (Å²) in [5.41, 5.74) is 0.145. The summed E-state index contributed by atoms with van der Waals surface area (Å²) in [6.07, 6.45) is 0.866. The molecule has 0 aromatic heterocycles. The third-order valence-electron chi connectivity index (χ3n) is 1.68. The van der Waals surface area contributed by atoms with Gasteiger partial charge in [-0.25, -0.2) is 4.79 Å². The van der Waals surface area contributed by atoms with E-state index in [-0.39, 0.29) is 11.2 Å². The first kappa shape index (κ1) is 15.4. The molecule has 0 aliphatic heterocycles. The summed E-state index contributed by atoms with van der Waals surface area (Å²) in [5.74, 6) is -0.435. The van der Waals surface area contributed by atoms with E-state index < -0.39 is 14.3 Å². The molecule has 0 aliphatic carbocycles. The Morgan fingerprint density at radius 2 is 1.88 bits per heavy atom. The molecule has 4 nitrogen and oxygen atoms in total. The molecule has 94 valence electrons. The van der Waals surface area contributed by atoms with E-state index in [1.807, 2.05) is 18.8 Å². The first-order valence-corrected chi connectivity index (χ1v) is 6.47. The SMILES string of the molecule is C=C(OP(CC(C)(C)C)N(C)C)C(=O)OC.